The molecule has 1 unspecified atom stereocenters. The maximum atomic E-state index is 12.8. The number of aromatic amines is 1. The van der Waals surface area contributed by atoms with Crippen molar-refractivity contribution in [3.63, 3.8) is 0 Å². The number of aromatic nitrogens is 4. The number of ether oxygens (including phenoxy) is 1. The predicted molar refractivity (Wildman–Crippen MR) is 109 cm³/mol. The minimum absolute atomic E-state index is 0.00799. The van der Waals surface area contributed by atoms with Crippen molar-refractivity contribution in [2.24, 2.45) is 7.05 Å². The molecular formula is C22H24N4O2. The quantitative estimate of drug-likeness (QED) is 0.758. The standard InChI is InChI=1S/C22H24N4O2/c1-3-22(7-5-4-6-8-22)18-12-25(2)21(27)20-17(18)9-19(24-20)15-10-23-26(11-15)16-13-28-14-16/h4-7,9-12,16,24H,3,8,13-14H2,1-2H3. The lowest BCUT2D eigenvalue weighted by molar-refractivity contribution is -0.0286. The Kier molecular flexibility index (Phi) is 3.91. The first kappa shape index (κ1) is 17.3. The lowest BCUT2D eigenvalue weighted by Crippen LogP contribution is -2.30. The topological polar surface area (TPSA) is 64.8 Å². The van der Waals surface area contributed by atoms with Gasteiger partial charge in [-0.3, -0.25) is 9.48 Å². The molecule has 6 nitrogen and oxygen atoms in total. The molecule has 0 radical (unpaired) electrons. The van der Waals surface area contributed by atoms with Gasteiger partial charge in [0, 0.05) is 41.5 Å². The first-order chi connectivity index (χ1) is 13.6. The Hall–Kier alpha value is -2.86. The van der Waals surface area contributed by atoms with Crippen molar-refractivity contribution in [1.82, 2.24) is 19.3 Å². The Labute approximate surface area is 163 Å². The molecule has 6 heteroatoms. The van der Waals surface area contributed by atoms with Crippen LogP contribution in [-0.2, 0) is 17.2 Å². The van der Waals surface area contributed by atoms with E-state index in [1.807, 2.05) is 30.3 Å². The molecule has 2 aliphatic rings. The molecular weight excluding hydrogens is 352 g/mol. The van der Waals surface area contributed by atoms with Gasteiger partial charge in [0.2, 0.25) is 0 Å². The highest BCUT2D eigenvalue weighted by atomic mass is 16.5. The number of aryl methyl sites for hydroxylation is 1. The molecule has 4 heterocycles. The average Bonchev–Trinajstić information content (AvgIpc) is 3.31. The summed E-state index contributed by atoms with van der Waals surface area (Å²) in [5, 5.41) is 5.48. The summed E-state index contributed by atoms with van der Waals surface area (Å²) < 4.78 is 8.90. The van der Waals surface area contributed by atoms with Gasteiger partial charge >= 0.3 is 0 Å². The van der Waals surface area contributed by atoms with Gasteiger partial charge in [0.15, 0.2) is 0 Å². The van der Waals surface area contributed by atoms with Gasteiger partial charge in [-0.15, -0.1) is 0 Å². The van der Waals surface area contributed by atoms with Crippen LogP contribution in [0.1, 0.15) is 31.4 Å². The average molecular weight is 376 g/mol. The molecule has 1 aliphatic heterocycles. The van der Waals surface area contributed by atoms with E-state index in [4.69, 9.17) is 4.74 Å². The second-order valence-electron chi connectivity index (χ2n) is 7.83. The van der Waals surface area contributed by atoms with Crippen LogP contribution in [0.15, 0.2) is 53.8 Å². The molecule has 144 valence electrons. The number of allylic oxidation sites excluding steroid dienone is 4. The molecule has 1 atom stereocenters. The minimum atomic E-state index is -0.0919. The molecule has 1 N–H and O–H groups in total. The van der Waals surface area contributed by atoms with Crippen LogP contribution >= 0.6 is 0 Å². The Morgan fingerprint density at radius 2 is 2.18 bits per heavy atom. The first-order valence-corrected chi connectivity index (χ1v) is 9.81. The Morgan fingerprint density at radius 1 is 1.32 bits per heavy atom. The van der Waals surface area contributed by atoms with Crippen LogP contribution in [0.25, 0.3) is 22.2 Å². The van der Waals surface area contributed by atoms with E-state index in [9.17, 15) is 4.79 Å². The number of fused-ring (bicyclic) bond motifs is 1. The van der Waals surface area contributed by atoms with Gasteiger partial charge in [0.1, 0.15) is 5.52 Å². The molecule has 28 heavy (non-hydrogen) atoms. The summed E-state index contributed by atoms with van der Waals surface area (Å²) in [7, 11) is 1.83. The maximum Gasteiger partial charge on any atom is 0.274 e. The van der Waals surface area contributed by atoms with Crippen molar-refractivity contribution >= 4 is 10.9 Å². The zero-order chi connectivity index (χ0) is 19.3. The number of rotatable bonds is 4. The third-order valence-electron chi connectivity index (χ3n) is 6.18. The van der Waals surface area contributed by atoms with E-state index in [0.29, 0.717) is 24.8 Å². The van der Waals surface area contributed by atoms with E-state index < -0.39 is 0 Å². The highest BCUT2D eigenvalue weighted by Crippen LogP contribution is 2.40. The minimum Gasteiger partial charge on any atom is -0.377 e. The van der Waals surface area contributed by atoms with Crippen LogP contribution in [-0.4, -0.2) is 32.5 Å². The Balaban J connectivity index is 1.67. The third-order valence-corrected chi connectivity index (χ3v) is 6.18. The Morgan fingerprint density at radius 3 is 2.86 bits per heavy atom. The maximum absolute atomic E-state index is 12.8. The molecule has 0 bridgehead atoms. The van der Waals surface area contributed by atoms with Crippen molar-refractivity contribution in [2.45, 2.75) is 31.2 Å². The lowest BCUT2D eigenvalue weighted by atomic mass is 9.73. The van der Waals surface area contributed by atoms with Crippen LogP contribution in [0.4, 0.5) is 0 Å². The highest BCUT2D eigenvalue weighted by Gasteiger charge is 2.31. The van der Waals surface area contributed by atoms with Crippen LogP contribution in [0.2, 0.25) is 0 Å². The molecule has 1 saturated heterocycles. The summed E-state index contributed by atoms with van der Waals surface area (Å²) in [6.07, 6.45) is 16.5. The van der Waals surface area contributed by atoms with E-state index >= 15 is 0 Å². The van der Waals surface area contributed by atoms with Crippen LogP contribution in [0.3, 0.4) is 0 Å². The third kappa shape index (κ3) is 2.52. The molecule has 0 saturated carbocycles. The lowest BCUT2D eigenvalue weighted by Gasteiger charge is -2.31. The fraction of sp³-hybridized carbons (Fsp3) is 0.364. The van der Waals surface area contributed by atoms with Gasteiger partial charge in [-0.05, 0) is 24.5 Å². The summed E-state index contributed by atoms with van der Waals surface area (Å²) in [5.74, 6) is 0. The summed E-state index contributed by atoms with van der Waals surface area (Å²) in [6.45, 7) is 3.62. The van der Waals surface area contributed by atoms with Gasteiger partial charge in [0.25, 0.3) is 5.56 Å². The van der Waals surface area contributed by atoms with Crippen molar-refractivity contribution in [1.29, 1.82) is 0 Å². The summed E-state index contributed by atoms with van der Waals surface area (Å²) in [6, 6.07) is 2.41. The summed E-state index contributed by atoms with van der Waals surface area (Å²) in [4.78, 5) is 16.2. The molecule has 0 aromatic carbocycles. The first-order valence-electron chi connectivity index (χ1n) is 9.81. The molecule has 1 fully saturated rings. The fourth-order valence-corrected chi connectivity index (χ4v) is 4.26. The number of nitrogens with one attached hydrogen (secondary N) is 1. The number of hydrogen-bond acceptors (Lipinski definition) is 3. The SMILES string of the molecule is CCC1(c2cn(C)c(=O)c3[nH]c(-c4cnn(C5COC5)c4)cc23)C=CC=CC1. The van der Waals surface area contributed by atoms with Crippen molar-refractivity contribution in [3.8, 4) is 11.3 Å². The van der Waals surface area contributed by atoms with E-state index in [1.54, 1.807) is 4.57 Å². The van der Waals surface area contributed by atoms with E-state index in [1.165, 1.54) is 5.56 Å². The van der Waals surface area contributed by atoms with E-state index in [0.717, 1.165) is 29.5 Å². The van der Waals surface area contributed by atoms with Gasteiger partial charge in [-0.1, -0.05) is 31.2 Å². The number of hydrogen-bond donors (Lipinski definition) is 1. The number of nitrogens with zero attached hydrogens (tertiary/aromatic N) is 3. The highest BCUT2D eigenvalue weighted by molar-refractivity contribution is 5.89. The molecule has 0 amide bonds. The molecule has 5 rings (SSSR count). The molecule has 0 spiro atoms. The predicted octanol–water partition coefficient (Wildman–Crippen LogP) is 3.47. The van der Waals surface area contributed by atoms with Crippen LogP contribution in [0.5, 0.6) is 0 Å². The van der Waals surface area contributed by atoms with Gasteiger partial charge in [-0.2, -0.15) is 5.10 Å². The normalized spacial score (nSPS) is 22.1. The van der Waals surface area contributed by atoms with E-state index in [2.05, 4.69) is 47.4 Å². The van der Waals surface area contributed by atoms with Crippen LogP contribution in [0, 0.1) is 0 Å². The fourth-order valence-electron chi connectivity index (χ4n) is 4.26. The van der Waals surface area contributed by atoms with Gasteiger partial charge < -0.3 is 14.3 Å². The van der Waals surface area contributed by atoms with Crippen molar-refractivity contribution < 1.29 is 4.74 Å². The van der Waals surface area contributed by atoms with Crippen LogP contribution < -0.4 is 5.56 Å². The summed E-state index contributed by atoms with van der Waals surface area (Å²) in [5.41, 5.74) is 3.66. The van der Waals surface area contributed by atoms with Gasteiger partial charge in [0.05, 0.1) is 25.5 Å². The van der Waals surface area contributed by atoms with Gasteiger partial charge in [-0.25, -0.2) is 0 Å². The van der Waals surface area contributed by atoms with E-state index in [-0.39, 0.29) is 11.0 Å². The molecule has 3 aromatic heterocycles. The van der Waals surface area contributed by atoms with Crippen molar-refractivity contribution in [2.75, 3.05) is 13.2 Å². The zero-order valence-corrected chi connectivity index (χ0v) is 16.2. The second-order valence-corrected chi connectivity index (χ2v) is 7.83. The smallest absolute Gasteiger partial charge is 0.274 e. The number of H-pyrrole nitrogens is 1. The molecule has 1 aliphatic carbocycles. The zero-order valence-electron chi connectivity index (χ0n) is 16.2. The second kappa shape index (κ2) is 6.34. The van der Waals surface area contributed by atoms with Crippen molar-refractivity contribution in [3.05, 3.63) is 64.9 Å². The number of pyridine rings is 1. The largest absolute Gasteiger partial charge is 0.377 e. The molecule has 3 aromatic rings. The Bertz CT molecular complexity index is 1160. The monoisotopic (exact) mass is 376 g/mol. The summed E-state index contributed by atoms with van der Waals surface area (Å²) >= 11 is 0.